The van der Waals surface area contributed by atoms with E-state index in [0.717, 1.165) is 43.2 Å². The fourth-order valence-electron chi connectivity index (χ4n) is 4.20. The molecule has 1 aromatic heterocycles. The largest absolute Gasteiger partial charge is 0.486 e. The second-order valence-electron chi connectivity index (χ2n) is 7.73. The maximum absolute atomic E-state index is 11.9. The van der Waals surface area contributed by atoms with Crippen LogP contribution in [-0.4, -0.2) is 39.2 Å². The van der Waals surface area contributed by atoms with Crippen LogP contribution >= 0.6 is 0 Å². The Morgan fingerprint density at radius 1 is 1.11 bits per heavy atom. The summed E-state index contributed by atoms with van der Waals surface area (Å²) in [5.41, 5.74) is 0. The number of carbonyl (C=O) groups excluding carboxylic acids is 1. The summed E-state index contributed by atoms with van der Waals surface area (Å²) in [4.78, 5) is 18.6. The van der Waals surface area contributed by atoms with E-state index in [0.29, 0.717) is 19.1 Å². The molecule has 1 saturated carbocycles. The van der Waals surface area contributed by atoms with Crippen LogP contribution in [0, 0.1) is 0 Å². The van der Waals surface area contributed by atoms with Crippen molar-refractivity contribution in [1.82, 2.24) is 19.7 Å². The van der Waals surface area contributed by atoms with Gasteiger partial charge in [-0.3, -0.25) is 4.79 Å². The van der Waals surface area contributed by atoms with E-state index in [2.05, 4.69) is 4.68 Å². The van der Waals surface area contributed by atoms with E-state index in [1.807, 2.05) is 42.3 Å². The number of amides is 1. The zero-order chi connectivity index (χ0) is 18.6. The van der Waals surface area contributed by atoms with Crippen molar-refractivity contribution in [3.8, 4) is 5.75 Å². The van der Waals surface area contributed by atoms with Gasteiger partial charge in [-0.1, -0.05) is 37.5 Å². The number of ether oxygens (including phenoxy) is 1. The van der Waals surface area contributed by atoms with Crippen LogP contribution in [0.4, 0.5) is 0 Å². The third-order valence-corrected chi connectivity index (χ3v) is 5.73. The molecular formula is C21H28N4O2. The Morgan fingerprint density at radius 3 is 2.63 bits per heavy atom. The van der Waals surface area contributed by atoms with Gasteiger partial charge in [-0.2, -0.15) is 5.10 Å². The van der Waals surface area contributed by atoms with Gasteiger partial charge in [-0.25, -0.2) is 9.67 Å². The molecule has 2 aromatic rings. The summed E-state index contributed by atoms with van der Waals surface area (Å²) in [6, 6.07) is 10.2. The van der Waals surface area contributed by atoms with Crippen LogP contribution in [0.2, 0.25) is 0 Å². The van der Waals surface area contributed by atoms with E-state index in [1.165, 1.54) is 19.3 Å². The summed E-state index contributed by atoms with van der Waals surface area (Å²) in [6.07, 6.45) is 7.59. The van der Waals surface area contributed by atoms with Gasteiger partial charge in [0.25, 0.3) is 0 Å². The normalized spacial score (nSPS) is 21.4. The number of para-hydroxylation sites is 1. The van der Waals surface area contributed by atoms with Crippen LogP contribution in [0.5, 0.6) is 5.75 Å². The lowest BCUT2D eigenvalue weighted by Crippen LogP contribution is -2.37. The number of piperidine rings is 1. The molecule has 6 nitrogen and oxygen atoms in total. The first kappa shape index (κ1) is 18.0. The monoisotopic (exact) mass is 368 g/mol. The predicted octanol–water partition coefficient (Wildman–Crippen LogP) is 3.70. The lowest BCUT2D eigenvalue weighted by Gasteiger charge is -2.31. The third kappa shape index (κ3) is 4.15. The highest BCUT2D eigenvalue weighted by Gasteiger charge is 2.31. The van der Waals surface area contributed by atoms with Gasteiger partial charge in [0.1, 0.15) is 18.2 Å². The van der Waals surface area contributed by atoms with Crippen molar-refractivity contribution in [1.29, 1.82) is 0 Å². The molecule has 1 atom stereocenters. The molecule has 1 aliphatic carbocycles. The number of aromatic nitrogens is 3. The topological polar surface area (TPSA) is 60.2 Å². The van der Waals surface area contributed by atoms with E-state index < -0.39 is 0 Å². The van der Waals surface area contributed by atoms with E-state index in [-0.39, 0.29) is 11.8 Å². The molecule has 0 spiro atoms. The van der Waals surface area contributed by atoms with Gasteiger partial charge in [0, 0.05) is 25.9 Å². The van der Waals surface area contributed by atoms with Crippen molar-refractivity contribution in [3.63, 3.8) is 0 Å². The first-order valence-electron chi connectivity index (χ1n) is 10.1. The molecule has 4 rings (SSSR count). The average Bonchev–Trinajstić information content (AvgIpc) is 3.14. The minimum absolute atomic E-state index is 0.225. The van der Waals surface area contributed by atoms with Crippen LogP contribution in [0.1, 0.15) is 68.6 Å². The quantitative estimate of drug-likeness (QED) is 0.807. The zero-order valence-corrected chi connectivity index (χ0v) is 16.0. The van der Waals surface area contributed by atoms with E-state index in [9.17, 15) is 4.79 Å². The van der Waals surface area contributed by atoms with Gasteiger partial charge < -0.3 is 9.64 Å². The number of benzene rings is 1. The number of likely N-dealkylation sites (tertiary alicyclic amines) is 1. The van der Waals surface area contributed by atoms with Crippen molar-refractivity contribution in [2.24, 2.45) is 0 Å². The lowest BCUT2D eigenvalue weighted by molar-refractivity contribution is -0.132. The summed E-state index contributed by atoms with van der Waals surface area (Å²) in [5, 5.41) is 4.85. The maximum atomic E-state index is 11.9. The van der Waals surface area contributed by atoms with Crippen LogP contribution < -0.4 is 4.74 Å². The number of hydrogen-bond donors (Lipinski definition) is 0. The number of carbonyl (C=O) groups is 1. The fraction of sp³-hybridized carbons (Fsp3) is 0.571. The summed E-state index contributed by atoms with van der Waals surface area (Å²) in [7, 11) is 1.88. The van der Waals surface area contributed by atoms with Gasteiger partial charge in [0.15, 0.2) is 5.82 Å². The molecule has 6 heteroatoms. The summed E-state index contributed by atoms with van der Waals surface area (Å²) in [5.74, 6) is 3.08. The number of rotatable bonds is 5. The standard InChI is InChI=1S/C21H28N4O2/c1-24-14-16(12-13-20(24)26)21-22-19(15-27-18-10-6-3-7-11-18)23-25(21)17-8-4-2-5-9-17/h3,6-7,10-11,16-17H,2,4-5,8-9,12-15H2,1H3. The second kappa shape index (κ2) is 8.11. The molecule has 1 aliphatic heterocycles. The highest BCUT2D eigenvalue weighted by Crippen LogP contribution is 2.33. The molecule has 1 aromatic carbocycles. The van der Waals surface area contributed by atoms with Gasteiger partial charge >= 0.3 is 0 Å². The second-order valence-corrected chi connectivity index (χ2v) is 7.73. The van der Waals surface area contributed by atoms with Crippen LogP contribution in [0.3, 0.4) is 0 Å². The van der Waals surface area contributed by atoms with Gasteiger partial charge in [-0.05, 0) is 31.4 Å². The summed E-state index contributed by atoms with van der Waals surface area (Å²) in [6.45, 7) is 1.10. The SMILES string of the molecule is CN1CC(c2nc(COc3ccccc3)nn2C2CCCCC2)CCC1=O. The highest BCUT2D eigenvalue weighted by molar-refractivity contribution is 5.76. The molecule has 0 bridgehead atoms. The molecule has 1 saturated heterocycles. The van der Waals surface area contributed by atoms with E-state index in [4.69, 9.17) is 14.8 Å². The van der Waals surface area contributed by atoms with Crippen molar-refractivity contribution in [2.75, 3.05) is 13.6 Å². The third-order valence-electron chi connectivity index (χ3n) is 5.73. The Bertz CT molecular complexity index is 768. The van der Waals surface area contributed by atoms with Crippen molar-refractivity contribution in [3.05, 3.63) is 42.0 Å². The van der Waals surface area contributed by atoms with Crippen molar-refractivity contribution < 1.29 is 9.53 Å². The molecule has 27 heavy (non-hydrogen) atoms. The van der Waals surface area contributed by atoms with Crippen molar-refractivity contribution >= 4 is 5.91 Å². The molecular weight excluding hydrogens is 340 g/mol. The molecule has 0 N–H and O–H groups in total. The van der Waals surface area contributed by atoms with Crippen LogP contribution in [0.25, 0.3) is 0 Å². The first-order valence-corrected chi connectivity index (χ1v) is 10.1. The minimum atomic E-state index is 0.225. The first-order chi connectivity index (χ1) is 13.2. The summed E-state index contributed by atoms with van der Waals surface area (Å²) < 4.78 is 8.03. The fourth-order valence-corrected chi connectivity index (χ4v) is 4.20. The molecule has 1 amide bonds. The smallest absolute Gasteiger partial charge is 0.222 e. The average molecular weight is 368 g/mol. The lowest BCUT2D eigenvalue weighted by atomic mass is 9.93. The van der Waals surface area contributed by atoms with Gasteiger partial charge in [-0.15, -0.1) is 0 Å². The molecule has 144 valence electrons. The Kier molecular flexibility index (Phi) is 5.41. The molecule has 1 unspecified atom stereocenters. The van der Waals surface area contributed by atoms with Crippen LogP contribution in [-0.2, 0) is 11.4 Å². The predicted molar refractivity (Wildman–Crippen MR) is 103 cm³/mol. The van der Waals surface area contributed by atoms with Crippen LogP contribution in [0.15, 0.2) is 30.3 Å². The maximum Gasteiger partial charge on any atom is 0.222 e. The number of likely N-dealkylation sites (N-methyl/N-ethyl adjacent to an activating group) is 1. The van der Waals surface area contributed by atoms with E-state index >= 15 is 0 Å². The number of nitrogens with zero attached hydrogens (tertiary/aromatic N) is 4. The highest BCUT2D eigenvalue weighted by atomic mass is 16.5. The number of hydrogen-bond acceptors (Lipinski definition) is 4. The Labute approximate surface area is 160 Å². The Hall–Kier alpha value is -2.37. The summed E-state index contributed by atoms with van der Waals surface area (Å²) >= 11 is 0. The molecule has 0 radical (unpaired) electrons. The molecule has 2 heterocycles. The Morgan fingerprint density at radius 2 is 1.89 bits per heavy atom. The zero-order valence-electron chi connectivity index (χ0n) is 16.0. The minimum Gasteiger partial charge on any atom is -0.486 e. The van der Waals surface area contributed by atoms with Gasteiger partial charge in [0.05, 0.1) is 6.04 Å². The molecule has 2 aliphatic rings. The Balaban J connectivity index is 1.55. The van der Waals surface area contributed by atoms with Crippen molar-refractivity contribution in [2.45, 2.75) is 63.5 Å². The molecule has 2 fully saturated rings. The van der Waals surface area contributed by atoms with Gasteiger partial charge in [0.2, 0.25) is 5.91 Å². The van der Waals surface area contributed by atoms with E-state index in [1.54, 1.807) is 0 Å².